The van der Waals surface area contributed by atoms with Gasteiger partial charge >= 0.3 is 0 Å². The number of hydrogen-bond donors (Lipinski definition) is 3. The number of hydrogen-bond acceptors (Lipinski definition) is 7. The predicted molar refractivity (Wildman–Crippen MR) is 125 cm³/mol. The smallest absolute Gasteiger partial charge is 0.272 e. The average Bonchev–Trinajstić information content (AvgIpc) is 2.82. The normalized spacial score (nSPS) is 17.3. The van der Waals surface area contributed by atoms with Crippen LogP contribution in [0.4, 0.5) is 10.2 Å². The summed E-state index contributed by atoms with van der Waals surface area (Å²) in [5.74, 6) is -0.873. The van der Waals surface area contributed by atoms with Crippen LogP contribution in [0.15, 0.2) is 36.2 Å². The van der Waals surface area contributed by atoms with Gasteiger partial charge in [-0.15, -0.1) is 0 Å². The summed E-state index contributed by atoms with van der Waals surface area (Å²) in [5.41, 5.74) is 7.20. The number of allylic oxidation sites excluding steroid dienone is 1. The standard InChI is InChI=1S/C21H22FN7O2.C2H6/c1-11-15-8-13(22)5-6-14(15)21(30)29(4)28(3)20(25)18(16(9-23)26-2)12-7-17(31-11)19(24)27-10-12;1-2/h5-8,10-11,25-26H,1-4H3,(H2,24,27);1-2H3/b18-16-,25-20?;. The number of pyridine rings is 1. The number of nitrogens with zero attached hydrogens (tertiary/aromatic N) is 4. The van der Waals surface area contributed by atoms with Gasteiger partial charge in [0.25, 0.3) is 5.91 Å². The van der Waals surface area contributed by atoms with Gasteiger partial charge in [-0.1, -0.05) is 13.8 Å². The molecule has 2 aromatic rings. The van der Waals surface area contributed by atoms with Crippen LogP contribution in [-0.2, 0) is 0 Å². The van der Waals surface area contributed by atoms with E-state index < -0.39 is 17.8 Å². The Kier molecular flexibility index (Phi) is 7.96. The van der Waals surface area contributed by atoms with Gasteiger partial charge in [-0.05, 0) is 31.2 Å². The number of anilines is 1. The maximum absolute atomic E-state index is 14.0. The second kappa shape index (κ2) is 10.5. The number of hydrazine groups is 1. The number of nitrogen functional groups attached to an aromatic ring is 1. The number of carbonyl (C=O) groups is 1. The Morgan fingerprint density at radius 2 is 1.97 bits per heavy atom. The van der Waals surface area contributed by atoms with Crippen molar-refractivity contribution in [2.75, 3.05) is 26.9 Å². The number of amides is 1. The van der Waals surface area contributed by atoms with Gasteiger partial charge in [0, 0.05) is 44.0 Å². The van der Waals surface area contributed by atoms with Crippen molar-refractivity contribution in [3.8, 4) is 11.8 Å². The number of halogens is 1. The minimum Gasteiger partial charge on any atom is -0.482 e. The largest absolute Gasteiger partial charge is 0.482 e. The van der Waals surface area contributed by atoms with Gasteiger partial charge < -0.3 is 15.8 Å². The van der Waals surface area contributed by atoms with Crippen molar-refractivity contribution in [2.24, 2.45) is 0 Å². The van der Waals surface area contributed by atoms with Crippen molar-refractivity contribution in [1.29, 1.82) is 10.7 Å². The van der Waals surface area contributed by atoms with E-state index in [9.17, 15) is 14.4 Å². The van der Waals surface area contributed by atoms with E-state index in [0.717, 1.165) is 0 Å². The number of nitrogens with two attached hydrogens (primary N) is 1. The monoisotopic (exact) mass is 453 g/mol. The van der Waals surface area contributed by atoms with Crippen molar-refractivity contribution < 1.29 is 13.9 Å². The first-order valence-corrected chi connectivity index (χ1v) is 10.3. The summed E-state index contributed by atoms with van der Waals surface area (Å²) < 4.78 is 19.9. The number of likely N-dealkylation sites (N-methyl/N-ethyl adjacent to an activating group) is 1. The summed E-state index contributed by atoms with van der Waals surface area (Å²) in [6.45, 7) is 5.67. The fraction of sp³-hybridized carbons (Fsp3) is 0.304. The molecule has 1 amide bonds. The number of nitrogens with one attached hydrogen (secondary N) is 2. The van der Waals surface area contributed by atoms with Crippen LogP contribution >= 0.6 is 0 Å². The van der Waals surface area contributed by atoms with Crippen LogP contribution in [0.2, 0.25) is 0 Å². The first-order valence-electron chi connectivity index (χ1n) is 10.3. The molecule has 1 aliphatic heterocycles. The molecule has 4 N–H and O–H groups in total. The Balaban J connectivity index is 0.00000187. The van der Waals surface area contributed by atoms with Crippen LogP contribution in [0.3, 0.4) is 0 Å². The van der Waals surface area contributed by atoms with Crippen LogP contribution in [0, 0.1) is 22.6 Å². The highest BCUT2D eigenvalue weighted by Gasteiger charge is 2.28. The topological polar surface area (TPSA) is 131 Å². The van der Waals surface area contributed by atoms with Crippen LogP contribution < -0.4 is 15.8 Å². The van der Waals surface area contributed by atoms with Crippen molar-refractivity contribution in [3.05, 3.63) is 58.7 Å². The lowest BCUT2D eigenvalue weighted by Crippen LogP contribution is -2.45. The minimum atomic E-state index is -0.737. The highest BCUT2D eigenvalue weighted by Crippen LogP contribution is 2.33. The molecule has 0 fully saturated rings. The molecule has 1 unspecified atom stereocenters. The molecule has 1 atom stereocenters. The highest BCUT2D eigenvalue weighted by atomic mass is 19.1. The number of amidine groups is 1. The summed E-state index contributed by atoms with van der Waals surface area (Å²) in [6, 6.07) is 7.37. The Hall–Kier alpha value is -4.13. The van der Waals surface area contributed by atoms with Gasteiger partial charge in [0.1, 0.15) is 29.5 Å². The maximum atomic E-state index is 14.0. The molecule has 2 heterocycles. The predicted octanol–water partition coefficient (Wildman–Crippen LogP) is 3.33. The number of fused-ring (bicyclic) bond motifs is 3. The molecule has 0 spiro atoms. The molecule has 0 aliphatic carbocycles. The van der Waals surface area contributed by atoms with E-state index in [-0.39, 0.29) is 34.2 Å². The van der Waals surface area contributed by atoms with E-state index in [2.05, 4.69) is 10.3 Å². The van der Waals surface area contributed by atoms with E-state index >= 15 is 0 Å². The average molecular weight is 454 g/mol. The van der Waals surface area contributed by atoms with E-state index in [1.165, 1.54) is 48.5 Å². The third kappa shape index (κ3) is 4.87. The Labute approximate surface area is 192 Å². The quantitative estimate of drug-likeness (QED) is 0.564. The molecule has 2 bridgehead atoms. The highest BCUT2D eigenvalue weighted by molar-refractivity contribution is 6.22. The number of carbonyl (C=O) groups excluding carboxylic acids is 1. The number of nitriles is 1. The molecule has 33 heavy (non-hydrogen) atoms. The van der Waals surface area contributed by atoms with Crippen LogP contribution in [0.1, 0.15) is 48.4 Å². The van der Waals surface area contributed by atoms with E-state index in [4.69, 9.17) is 15.9 Å². The summed E-state index contributed by atoms with van der Waals surface area (Å²) in [5, 5.41) is 23.6. The first-order chi connectivity index (χ1) is 15.7. The van der Waals surface area contributed by atoms with Crippen molar-refractivity contribution >= 4 is 23.1 Å². The van der Waals surface area contributed by atoms with Gasteiger partial charge in [-0.3, -0.25) is 20.2 Å². The number of rotatable bonds is 1. The van der Waals surface area contributed by atoms with E-state index in [1.807, 2.05) is 19.9 Å². The zero-order chi connectivity index (χ0) is 24.9. The third-order valence-electron chi connectivity index (χ3n) is 5.07. The minimum absolute atomic E-state index is 0.0799. The van der Waals surface area contributed by atoms with Gasteiger partial charge in [-0.2, -0.15) is 5.26 Å². The number of ether oxygens (including phenoxy) is 1. The Morgan fingerprint density at radius 3 is 2.58 bits per heavy atom. The van der Waals surface area contributed by atoms with Gasteiger partial charge in [0.15, 0.2) is 11.6 Å². The molecule has 1 aromatic heterocycles. The molecule has 1 aromatic carbocycles. The van der Waals surface area contributed by atoms with Gasteiger partial charge in [-0.25, -0.2) is 9.37 Å². The molecular weight excluding hydrogens is 425 g/mol. The molecule has 0 saturated heterocycles. The SMILES string of the molecule is CC.CN/C(C#N)=C1\C(=N)N(C)N(C)C(=O)c2ccc(F)cc2C(C)Oc2cc1cnc2N. The second-order valence-electron chi connectivity index (χ2n) is 6.91. The molecule has 1 aliphatic rings. The Morgan fingerprint density at radius 1 is 1.30 bits per heavy atom. The Bertz CT molecular complexity index is 1140. The summed E-state index contributed by atoms with van der Waals surface area (Å²) in [7, 11) is 4.56. The van der Waals surface area contributed by atoms with Crippen molar-refractivity contribution in [2.45, 2.75) is 26.9 Å². The van der Waals surface area contributed by atoms with Crippen molar-refractivity contribution in [3.63, 3.8) is 0 Å². The third-order valence-corrected chi connectivity index (χ3v) is 5.07. The van der Waals surface area contributed by atoms with Gasteiger partial charge in [0.2, 0.25) is 0 Å². The molecular formula is C23H28FN7O2. The van der Waals surface area contributed by atoms with Crippen LogP contribution in [0.25, 0.3) is 5.57 Å². The lowest BCUT2D eigenvalue weighted by molar-refractivity contribution is 0.0494. The number of aromatic nitrogens is 1. The summed E-state index contributed by atoms with van der Waals surface area (Å²) in [6.07, 6.45) is 0.680. The zero-order valence-corrected chi connectivity index (χ0v) is 19.5. The summed E-state index contributed by atoms with van der Waals surface area (Å²) >= 11 is 0. The first kappa shape index (κ1) is 25.1. The fourth-order valence-electron chi connectivity index (χ4n) is 3.26. The molecule has 0 saturated carbocycles. The van der Waals surface area contributed by atoms with E-state index in [0.29, 0.717) is 11.1 Å². The zero-order valence-electron chi connectivity index (χ0n) is 19.5. The van der Waals surface area contributed by atoms with Crippen LogP contribution in [0.5, 0.6) is 5.75 Å². The lowest BCUT2D eigenvalue weighted by Gasteiger charge is -2.33. The molecule has 10 heteroatoms. The second-order valence-corrected chi connectivity index (χ2v) is 6.91. The fourth-order valence-corrected chi connectivity index (χ4v) is 3.26. The van der Waals surface area contributed by atoms with Gasteiger partial charge in [0.05, 0.1) is 5.57 Å². The van der Waals surface area contributed by atoms with E-state index in [1.54, 1.807) is 20.0 Å². The number of benzene rings is 1. The molecule has 9 nitrogen and oxygen atoms in total. The van der Waals surface area contributed by atoms with Crippen LogP contribution in [-0.4, -0.2) is 47.9 Å². The molecule has 0 radical (unpaired) electrons. The maximum Gasteiger partial charge on any atom is 0.272 e. The van der Waals surface area contributed by atoms with Crippen molar-refractivity contribution in [1.82, 2.24) is 20.3 Å². The molecule has 174 valence electrons. The lowest BCUT2D eigenvalue weighted by atomic mass is 10.0. The summed E-state index contributed by atoms with van der Waals surface area (Å²) in [4.78, 5) is 17.4. The molecule has 3 rings (SSSR count).